The molecule has 244 valence electrons. The van der Waals surface area contributed by atoms with Gasteiger partial charge >= 0.3 is 7.12 Å². The van der Waals surface area contributed by atoms with Crippen molar-refractivity contribution in [2.75, 3.05) is 6.54 Å². The van der Waals surface area contributed by atoms with Crippen molar-refractivity contribution in [2.24, 2.45) is 45.7 Å². The fourth-order valence-corrected chi connectivity index (χ4v) is 7.59. The molecule has 11 nitrogen and oxygen atoms in total. The van der Waals surface area contributed by atoms with E-state index >= 15 is 0 Å². The molecule has 7 atom stereocenters. The monoisotopic (exact) mass is 605 g/mol. The van der Waals surface area contributed by atoms with Gasteiger partial charge in [0.05, 0.1) is 17.6 Å². The van der Waals surface area contributed by atoms with Gasteiger partial charge in [-0.1, -0.05) is 66.2 Å². The Morgan fingerprint density at radius 2 is 1.86 bits per heavy atom. The lowest BCUT2D eigenvalue weighted by molar-refractivity contribution is -0.525. The maximum atomic E-state index is 13.8. The van der Waals surface area contributed by atoms with Gasteiger partial charge in [-0.15, -0.1) is 0 Å². The lowest BCUT2D eigenvalue weighted by atomic mass is 9.43. The molecule has 4 fully saturated rings. The summed E-state index contributed by atoms with van der Waals surface area (Å²) in [6, 6.07) is 0. The van der Waals surface area contributed by atoms with Crippen LogP contribution in [0.5, 0.6) is 0 Å². The molecule has 1 aliphatic heterocycles. The maximum absolute atomic E-state index is 13.8. The minimum Gasteiger partial charge on any atom is -0.404 e. The molecule has 0 aromatic carbocycles. The highest BCUT2D eigenvalue weighted by molar-refractivity contribution is 6.47. The van der Waals surface area contributed by atoms with Gasteiger partial charge in [-0.3, -0.25) is 9.59 Å². The van der Waals surface area contributed by atoms with Gasteiger partial charge in [0.2, 0.25) is 5.91 Å². The van der Waals surface area contributed by atoms with Gasteiger partial charge in [-0.05, 0) is 74.5 Å². The van der Waals surface area contributed by atoms with Gasteiger partial charge in [0.25, 0.3) is 5.96 Å². The first-order valence-electron chi connectivity index (χ1n) is 16.5. The third-order valence-corrected chi connectivity index (χ3v) is 10.4. The van der Waals surface area contributed by atoms with Crippen LogP contribution >= 0.6 is 0 Å². The van der Waals surface area contributed by atoms with Crippen molar-refractivity contribution in [3.8, 4) is 0 Å². The second-order valence-corrected chi connectivity index (χ2v) is 14.6. The number of Topliss-reactive ketones (excluding diaryl/α,β-unsaturated/α-hetero) is 1. The van der Waals surface area contributed by atoms with Gasteiger partial charge in [-0.2, -0.15) is 0 Å². The molecule has 4 N–H and O–H groups in total. The van der Waals surface area contributed by atoms with Crippen LogP contribution in [0.4, 0.5) is 0 Å². The highest BCUT2D eigenvalue weighted by Crippen LogP contribution is 2.65. The summed E-state index contributed by atoms with van der Waals surface area (Å²) in [5, 5.41) is 13.1. The topological polar surface area (TPSA) is 158 Å². The number of nitrogens with two attached hydrogens (primary N) is 1. The van der Waals surface area contributed by atoms with Gasteiger partial charge in [0, 0.05) is 25.3 Å². The van der Waals surface area contributed by atoms with E-state index in [2.05, 4.69) is 58.8 Å². The van der Waals surface area contributed by atoms with Crippen LogP contribution in [0.25, 0.3) is 0 Å². The van der Waals surface area contributed by atoms with Crippen molar-refractivity contribution >= 4 is 24.8 Å². The Balaban J connectivity index is 1.67. The average molecular weight is 606 g/mol. The number of unbranched alkanes of at least 4 members (excludes halogenated alkanes) is 1. The number of carbonyl (C=O) groups is 2. The third kappa shape index (κ3) is 9.16. The molecular formula is C31H56BN5O6. The van der Waals surface area contributed by atoms with E-state index in [4.69, 9.17) is 15.0 Å². The zero-order valence-corrected chi connectivity index (χ0v) is 27.5. The molecule has 2 bridgehead atoms. The first-order chi connectivity index (χ1) is 20.2. The largest absolute Gasteiger partial charge is 0.481 e. The highest BCUT2D eigenvalue weighted by atomic mass is 16.7. The number of rotatable bonds is 18. The lowest BCUT2D eigenvalue weighted by Crippen LogP contribution is -2.65. The van der Waals surface area contributed by atoms with E-state index < -0.39 is 18.1 Å². The van der Waals surface area contributed by atoms with E-state index in [-0.39, 0.29) is 53.7 Å². The fourth-order valence-electron chi connectivity index (χ4n) is 7.59. The molecule has 4 rings (SSSR count). The molecular weight excluding hydrogens is 549 g/mol. The van der Waals surface area contributed by atoms with Crippen molar-refractivity contribution in [1.82, 2.24) is 10.7 Å². The molecule has 0 aromatic heterocycles. The first-order valence-corrected chi connectivity index (χ1v) is 16.5. The molecule has 1 unspecified atom stereocenters. The van der Waals surface area contributed by atoms with Crippen LogP contribution < -0.4 is 16.5 Å². The Kier molecular flexibility index (Phi) is 12.5. The number of hydrazine groups is 1. The summed E-state index contributed by atoms with van der Waals surface area (Å²) >= 11 is 0. The standard InChI is InChI=1S/C31H56BN5O6/c1-8-9-11-21(4)13-14-24(38)17-22(12-10-15-34-29(33)36-37(40)41)28(39)35-27(16-20(2)3)32-42-26-19-23-18-25(30(23,5)6)31(26,7)43-32/h20-23,25-27H,8-19H2,1-7H3,(H,35,39)(H3,33,34,36)/t21?,22-,23+,25+,26-,27+,31+/m1/s1. The number of nitrogens with zero attached hydrogens (tertiary/aromatic N) is 2. The number of hydrogen-bond donors (Lipinski definition) is 3. The van der Waals surface area contributed by atoms with Crippen molar-refractivity contribution in [3.05, 3.63) is 10.1 Å². The van der Waals surface area contributed by atoms with Crippen molar-refractivity contribution < 1.29 is 23.9 Å². The Bertz CT molecular complexity index is 1010. The zero-order chi connectivity index (χ0) is 31.9. The van der Waals surface area contributed by atoms with Crippen LogP contribution in [0.2, 0.25) is 0 Å². The second-order valence-electron chi connectivity index (χ2n) is 14.6. The molecule has 3 saturated carbocycles. The summed E-state index contributed by atoms with van der Waals surface area (Å²) in [4.78, 5) is 41.5. The Hall–Kier alpha value is -2.21. The van der Waals surface area contributed by atoms with Crippen molar-refractivity contribution in [1.29, 1.82) is 0 Å². The summed E-state index contributed by atoms with van der Waals surface area (Å²) in [5.74, 6) is 0.557. The van der Waals surface area contributed by atoms with E-state index in [0.29, 0.717) is 49.4 Å². The zero-order valence-electron chi connectivity index (χ0n) is 27.5. The van der Waals surface area contributed by atoms with Gasteiger partial charge in [0.15, 0.2) is 5.03 Å². The van der Waals surface area contributed by atoms with Crippen molar-refractivity contribution in [2.45, 2.75) is 137 Å². The molecule has 0 spiro atoms. The normalized spacial score (nSPS) is 28.0. The summed E-state index contributed by atoms with van der Waals surface area (Å²) in [6.07, 6.45) is 8.52. The molecule has 4 aliphatic rings. The summed E-state index contributed by atoms with van der Waals surface area (Å²) in [5.41, 5.74) is 7.22. The molecule has 1 amide bonds. The first kappa shape index (κ1) is 35.3. The van der Waals surface area contributed by atoms with Crippen LogP contribution in [0, 0.1) is 45.1 Å². The van der Waals surface area contributed by atoms with Crippen molar-refractivity contribution in [3.63, 3.8) is 0 Å². The quantitative estimate of drug-likeness (QED) is 0.0500. The number of hydrogen-bond acceptors (Lipinski definition) is 7. The van der Waals surface area contributed by atoms with E-state index in [1.54, 1.807) is 0 Å². The van der Waals surface area contributed by atoms with Crippen LogP contribution in [0.15, 0.2) is 4.99 Å². The molecule has 3 aliphatic carbocycles. The lowest BCUT2D eigenvalue weighted by Gasteiger charge is -2.64. The molecule has 12 heteroatoms. The number of ketones is 1. The second kappa shape index (κ2) is 15.2. The maximum Gasteiger partial charge on any atom is 0.481 e. The number of aliphatic imine (C=N–C) groups is 1. The molecule has 1 saturated heterocycles. The highest BCUT2D eigenvalue weighted by Gasteiger charge is 2.68. The molecule has 0 radical (unpaired) electrons. The number of carbonyl (C=O) groups excluding carboxylic acids is 2. The van der Waals surface area contributed by atoms with Crippen LogP contribution in [-0.4, -0.2) is 54.0 Å². The number of nitrogens with one attached hydrogen (secondary N) is 2. The van der Waals surface area contributed by atoms with E-state index in [1.165, 1.54) is 0 Å². The third-order valence-electron chi connectivity index (χ3n) is 10.4. The Morgan fingerprint density at radius 3 is 2.49 bits per heavy atom. The predicted molar refractivity (Wildman–Crippen MR) is 168 cm³/mol. The smallest absolute Gasteiger partial charge is 0.404 e. The van der Waals surface area contributed by atoms with Crippen LogP contribution in [0.1, 0.15) is 119 Å². The molecule has 1 heterocycles. The number of nitro groups is 1. The van der Waals surface area contributed by atoms with E-state index in [0.717, 1.165) is 38.5 Å². The predicted octanol–water partition coefficient (Wildman–Crippen LogP) is 4.84. The fraction of sp³-hybridized carbons (Fsp3) is 0.903. The average Bonchev–Trinajstić information content (AvgIpc) is 3.28. The minimum absolute atomic E-state index is 0.0176. The van der Waals surface area contributed by atoms with E-state index in [1.807, 2.05) is 5.43 Å². The van der Waals surface area contributed by atoms with Gasteiger partial charge in [-0.25, -0.2) is 15.1 Å². The van der Waals surface area contributed by atoms with Crippen LogP contribution in [0.3, 0.4) is 0 Å². The summed E-state index contributed by atoms with van der Waals surface area (Å²) in [7, 11) is -0.537. The van der Waals surface area contributed by atoms with Gasteiger partial charge in [0.1, 0.15) is 5.78 Å². The van der Waals surface area contributed by atoms with Gasteiger partial charge < -0.3 is 20.4 Å². The number of amides is 1. The summed E-state index contributed by atoms with van der Waals surface area (Å²) < 4.78 is 13.3. The summed E-state index contributed by atoms with van der Waals surface area (Å²) in [6.45, 7) is 15.6. The molecule has 0 aromatic rings. The molecule has 43 heavy (non-hydrogen) atoms. The SMILES string of the molecule is CCCCC(C)CCC(=O)C[C@@H](CCCN=C(N)N[N+](=O)[O-])C(=O)N[C@@H](CC(C)C)B1O[C@@H]2C[C@@H]3C[C@@H](C3(C)C)[C@]2(C)O1. The number of guanidine groups is 1. The Morgan fingerprint density at radius 1 is 1.14 bits per heavy atom. The minimum atomic E-state index is -0.766. The Labute approximate surface area is 258 Å². The van der Waals surface area contributed by atoms with E-state index in [9.17, 15) is 19.7 Å². The van der Waals surface area contributed by atoms with Crippen LogP contribution in [-0.2, 0) is 18.9 Å².